The first-order valence-electron chi connectivity index (χ1n) is 6.41. The summed E-state index contributed by atoms with van der Waals surface area (Å²) >= 11 is 6.54. The predicted molar refractivity (Wildman–Crippen MR) is 82.4 cm³/mol. The van der Waals surface area contributed by atoms with Crippen LogP contribution in [0.1, 0.15) is 16.6 Å². The predicted octanol–water partition coefficient (Wildman–Crippen LogP) is 4.57. The van der Waals surface area contributed by atoms with Crippen LogP contribution in [0, 0.1) is 0 Å². The van der Waals surface area contributed by atoms with E-state index in [0.29, 0.717) is 0 Å². The summed E-state index contributed by atoms with van der Waals surface area (Å²) in [5, 5.41) is 0.834. The molecule has 3 rings (SSSR count). The van der Waals surface area contributed by atoms with Gasteiger partial charge in [-0.25, -0.2) is 0 Å². The highest BCUT2D eigenvalue weighted by atomic mass is 35.5. The number of ether oxygens (including phenoxy) is 1. The maximum atomic E-state index is 6.54. The first kappa shape index (κ1) is 12.9. The quantitative estimate of drug-likeness (QED) is 0.657. The lowest BCUT2D eigenvalue weighted by Gasteiger charge is -2.11. The maximum absolute atomic E-state index is 6.54. The first-order valence-corrected chi connectivity index (χ1v) is 6.85. The molecule has 0 saturated heterocycles. The van der Waals surface area contributed by atoms with Gasteiger partial charge in [0.05, 0.1) is 18.3 Å². The lowest BCUT2D eigenvalue weighted by molar-refractivity contribution is 0.414. The minimum Gasteiger partial charge on any atom is -0.497 e. The molecule has 0 aliphatic carbocycles. The number of nitrogens with zero attached hydrogens (tertiary/aromatic N) is 1. The number of benzene rings is 2. The van der Waals surface area contributed by atoms with Gasteiger partial charge in [-0.3, -0.25) is 4.98 Å². The fourth-order valence-corrected chi connectivity index (χ4v) is 2.45. The lowest BCUT2D eigenvalue weighted by atomic mass is 10.1. The second-order valence-corrected chi connectivity index (χ2v) is 5.00. The Hall–Kier alpha value is -2.06. The standard InChI is InChI=1S/C17H14ClNO/c1-20-14-7-4-6-13(11-14)17(18)16-10-9-12-5-2-3-8-15(12)19-16/h2-11,17H,1H3. The molecule has 2 nitrogen and oxygen atoms in total. The van der Waals surface area contributed by atoms with E-state index in [9.17, 15) is 0 Å². The Labute approximate surface area is 123 Å². The van der Waals surface area contributed by atoms with E-state index in [-0.39, 0.29) is 5.38 Å². The molecule has 3 aromatic rings. The van der Waals surface area contributed by atoms with Crippen molar-refractivity contribution < 1.29 is 4.74 Å². The van der Waals surface area contributed by atoms with Crippen LogP contribution in [0.3, 0.4) is 0 Å². The monoisotopic (exact) mass is 283 g/mol. The van der Waals surface area contributed by atoms with Crippen molar-refractivity contribution in [2.24, 2.45) is 0 Å². The van der Waals surface area contributed by atoms with Crippen LogP contribution in [-0.4, -0.2) is 12.1 Å². The van der Waals surface area contributed by atoms with Gasteiger partial charge in [-0.05, 0) is 29.8 Å². The van der Waals surface area contributed by atoms with Crippen LogP contribution in [-0.2, 0) is 0 Å². The molecule has 2 aromatic carbocycles. The normalized spacial score (nSPS) is 12.3. The SMILES string of the molecule is COc1cccc(C(Cl)c2ccc3ccccc3n2)c1. The summed E-state index contributed by atoms with van der Waals surface area (Å²) in [5.74, 6) is 0.800. The number of pyridine rings is 1. The summed E-state index contributed by atoms with van der Waals surface area (Å²) in [6.07, 6.45) is 0. The fourth-order valence-electron chi connectivity index (χ4n) is 2.19. The highest BCUT2D eigenvalue weighted by molar-refractivity contribution is 6.22. The van der Waals surface area contributed by atoms with Gasteiger partial charge in [0.1, 0.15) is 11.1 Å². The summed E-state index contributed by atoms with van der Waals surface area (Å²) < 4.78 is 5.23. The van der Waals surface area contributed by atoms with E-state index in [1.807, 2.05) is 60.7 Å². The van der Waals surface area contributed by atoms with E-state index < -0.39 is 0 Å². The van der Waals surface area contributed by atoms with E-state index in [2.05, 4.69) is 4.98 Å². The van der Waals surface area contributed by atoms with Gasteiger partial charge in [0.25, 0.3) is 0 Å². The third-order valence-corrected chi connectivity index (χ3v) is 3.74. The molecule has 0 aliphatic rings. The number of halogens is 1. The molecule has 1 atom stereocenters. The Morgan fingerprint density at radius 3 is 2.70 bits per heavy atom. The van der Waals surface area contributed by atoms with Gasteiger partial charge in [0.2, 0.25) is 0 Å². The minimum atomic E-state index is -0.283. The Bertz CT molecular complexity index is 742. The van der Waals surface area contributed by atoms with E-state index in [4.69, 9.17) is 16.3 Å². The van der Waals surface area contributed by atoms with Crippen molar-refractivity contribution in [3.8, 4) is 5.75 Å². The van der Waals surface area contributed by atoms with Crippen LogP contribution in [0.4, 0.5) is 0 Å². The summed E-state index contributed by atoms with van der Waals surface area (Å²) in [6.45, 7) is 0. The van der Waals surface area contributed by atoms with Gasteiger partial charge in [-0.15, -0.1) is 11.6 Å². The molecule has 1 aromatic heterocycles. The molecular formula is C17H14ClNO. The van der Waals surface area contributed by atoms with Crippen LogP contribution in [0.15, 0.2) is 60.7 Å². The number of alkyl halides is 1. The lowest BCUT2D eigenvalue weighted by Crippen LogP contribution is -1.97. The molecule has 0 radical (unpaired) electrons. The van der Waals surface area contributed by atoms with Gasteiger partial charge in [0.15, 0.2) is 0 Å². The number of hydrogen-bond donors (Lipinski definition) is 0. The molecular weight excluding hydrogens is 270 g/mol. The van der Waals surface area contributed by atoms with E-state index >= 15 is 0 Å². The number of rotatable bonds is 3. The topological polar surface area (TPSA) is 22.1 Å². The highest BCUT2D eigenvalue weighted by Gasteiger charge is 2.13. The highest BCUT2D eigenvalue weighted by Crippen LogP contribution is 2.30. The molecule has 0 aliphatic heterocycles. The minimum absolute atomic E-state index is 0.283. The summed E-state index contributed by atoms with van der Waals surface area (Å²) in [4.78, 5) is 4.63. The molecule has 3 heteroatoms. The molecule has 0 amide bonds. The Morgan fingerprint density at radius 1 is 1.00 bits per heavy atom. The van der Waals surface area contributed by atoms with Gasteiger partial charge < -0.3 is 4.74 Å². The molecule has 0 saturated carbocycles. The molecule has 0 spiro atoms. The average Bonchev–Trinajstić information content (AvgIpc) is 2.53. The second kappa shape index (κ2) is 5.51. The largest absolute Gasteiger partial charge is 0.497 e. The Morgan fingerprint density at radius 2 is 1.85 bits per heavy atom. The van der Waals surface area contributed by atoms with Crippen LogP contribution in [0.2, 0.25) is 0 Å². The van der Waals surface area contributed by atoms with Gasteiger partial charge in [-0.1, -0.05) is 36.4 Å². The van der Waals surface area contributed by atoms with Crippen molar-refractivity contribution in [1.29, 1.82) is 0 Å². The number of aromatic nitrogens is 1. The van der Waals surface area contributed by atoms with Gasteiger partial charge in [0, 0.05) is 5.39 Å². The zero-order valence-corrected chi connectivity index (χ0v) is 11.8. The summed E-state index contributed by atoms with van der Waals surface area (Å²) in [7, 11) is 1.65. The number of methoxy groups -OCH3 is 1. The molecule has 0 bridgehead atoms. The van der Waals surface area contributed by atoms with Crippen molar-refractivity contribution >= 4 is 22.5 Å². The molecule has 20 heavy (non-hydrogen) atoms. The van der Waals surface area contributed by atoms with Crippen LogP contribution < -0.4 is 4.74 Å². The third kappa shape index (κ3) is 2.47. The molecule has 0 N–H and O–H groups in total. The van der Waals surface area contributed by atoms with Crippen LogP contribution in [0.25, 0.3) is 10.9 Å². The Balaban J connectivity index is 2.00. The number of fused-ring (bicyclic) bond motifs is 1. The fraction of sp³-hybridized carbons (Fsp3) is 0.118. The van der Waals surface area contributed by atoms with Crippen molar-refractivity contribution in [3.05, 3.63) is 71.9 Å². The third-order valence-electron chi connectivity index (χ3n) is 3.27. The van der Waals surface area contributed by atoms with Crippen molar-refractivity contribution in [1.82, 2.24) is 4.98 Å². The molecule has 1 heterocycles. The van der Waals surface area contributed by atoms with Gasteiger partial charge in [-0.2, -0.15) is 0 Å². The number of hydrogen-bond acceptors (Lipinski definition) is 2. The molecule has 1 unspecified atom stereocenters. The Kier molecular flexibility index (Phi) is 3.57. The van der Waals surface area contributed by atoms with Crippen LogP contribution >= 0.6 is 11.6 Å². The first-order chi connectivity index (χ1) is 9.78. The number of para-hydroxylation sites is 1. The zero-order valence-electron chi connectivity index (χ0n) is 11.1. The van der Waals surface area contributed by atoms with Crippen molar-refractivity contribution in [2.75, 3.05) is 7.11 Å². The average molecular weight is 284 g/mol. The summed E-state index contributed by atoms with van der Waals surface area (Å²) in [6, 6.07) is 19.8. The van der Waals surface area contributed by atoms with E-state index in [0.717, 1.165) is 27.9 Å². The second-order valence-electron chi connectivity index (χ2n) is 4.57. The van der Waals surface area contributed by atoms with Crippen molar-refractivity contribution in [3.63, 3.8) is 0 Å². The maximum Gasteiger partial charge on any atom is 0.119 e. The molecule has 100 valence electrons. The van der Waals surface area contributed by atoms with E-state index in [1.165, 1.54) is 0 Å². The van der Waals surface area contributed by atoms with Crippen LogP contribution in [0.5, 0.6) is 5.75 Å². The van der Waals surface area contributed by atoms with Crippen molar-refractivity contribution in [2.45, 2.75) is 5.38 Å². The smallest absolute Gasteiger partial charge is 0.119 e. The molecule has 0 fully saturated rings. The summed E-state index contributed by atoms with van der Waals surface area (Å²) in [5.41, 5.74) is 2.78. The zero-order chi connectivity index (χ0) is 13.9. The van der Waals surface area contributed by atoms with E-state index in [1.54, 1.807) is 7.11 Å². The van der Waals surface area contributed by atoms with Gasteiger partial charge >= 0.3 is 0 Å².